The van der Waals surface area contributed by atoms with Crippen LogP contribution in [0, 0.1) is 0 Å². The molecule has 0 spiro atoms. The lowest BCUT2D eigenvalue weighted by Gasteiger charge is -1.93. The summed E-state index contributed by atoms with van der Waals surface area (Å²) in [6.45, 7) is 2.10. The van der Waals surface area contributed by atoms with Crippen molar-refractivity contribution in [3.05, 3.63) is 29.2 Å². The summed E-state index contributed by atoms with van der Waals surface area (Å²) in [5.74, 6) is 1.51. The van der Waals surface area contributed by atoms with E-state index >= 15 is 0 Å². The molecule has 0 unspecified atom stereocenters. The molecule has 0 atom stereocenters. The number of aromatic amines is 1. The second kappa shape index (κ2) is 4.40. The minimum absolute atomic E-state index is 0.614. The van der Waals surface area contributed by atoms with E-state index < -0.39 is 0 Å². The van der Waals surface area contributed by atoms with Crippen molar-refractivity contribution < 1.29 is 0 Å². The molecular formula is C10H11ClN4. The lowest BCUT2D eigenvalue weighted by atomic mass is 10.3. The van der Waals surface area contributed by atoms with Gasteiger partial charge in [-0.2, -0.15) is 5.10 Å². The fourth-order valence-electron chi connectivity index (χ4n) is 1.27. The van der Waals surface area contributed by atoms with E-state index in [1.165, 1.54) is 0 Å². The molecule has 0 radical (unpaired) electrons. The Labute approximate surface area is 92.7 Å². The van der Waals surface area contributed by atoms with Crippen molar-refractivity contribution in [2.75, 3.05) is 0 Å². The Morgan fingerprint density at radius 3 is 2.93 bits per heavy atom. The van der Waals surface area contributed by atoms with Gasteiger partial charge in [0.1, 0.15) is 11.5 Å². The number of rotatable bonds is 3. The predicted octanol–water partition coefficient (Wildman–Crippen LogP) is 2.47. The predicted molar refractivity (Wildman–Crippen MR) is 58.6 cm³/mol. The van der Waals surface area contributed by atoms with Crippen molar-refractivity contribution in [1.82, 2.24) is 20.2 Å². The zero-order chi connectivity index (χ0) is 10.7. The van der Waals surface area contributed by atoms with Crippen molar-refractivity contribution in [3.63, 3.8) is 0 Å². The van der Waals surface area contributed by atoms with Gasteiger partial charge >= 0.3 is 0 Å². The van der Waals surface area contributed by atoms with Crippen molar-refractivity contribution in [3.8, 4) is 11.5 Å². The largest absolute Gasteiger partial charge is 0.263 e. The number of hydrogen-bond donors (Lipinski definition) is 1. The van der Waals surface area contributed by atoms with Crippen LogP contribution in [0.1, 0.15) is 19.2 Å². The van der Waals surface area contributed by atoms with E-state index in [0.29, 0.717) is 10.8 Å². The second-order valence-corrected chi connectivity index (χ2v) is 3.65. The molecule has 0 bridgehead atoms. The molecular weight excluding hydrogens is 212 g/mol. The molecule has 0 aliphatic heterocycles. The molecule has 0 fully saturated rings. The normalized spacial score (nSPS) is 10.5. The highest BCUT2D eigenvalue weighted by molar-refractivity contribution is 6.30. The number of nitrogens with one attached hydrogen (secondary N) is 1. The number of H-pyrrole nitrogens is 1. The molecule has 0 amide bonds. The Hall–Kier alpha value is -1.42. The molecule has 2 heterocycles. The standard InChI is InChI=1S/C10H11ClN4/c1-2-3-9-13-10(15-14-9)8-5-4-7(11)6-12-8/h4-6H,2-3H2,1H3,(H,13,14,15). The van der Waals surface area contributed by atoms with E-state index in [0.717, 1.165) is 24.4 Å². The molecule has 2 aromatic rings. The van der Waals surface area contributed by atoms with E-state index in [1.807, 2.05) is 0 Å². The third-order valence-electron chi connectivity index (χ3n) is 1.98. The van der Waals surface area contributed by atoms with Gasteiger partial charge in [-0.3, -0.25) is 10.1 Å². The lowest BCUT2D eigenvalue weighted by Crippen LogP contribution is -1.86. The van der Waals surface area contributed by atoms with Crippen LogP contribution in [-0.2, 0) is 6.42 Å². The number of hydrogen-bond acceptors (Lipinski definition) is 3. The van der Waals surface area contributed by atoms with Crippen LogP contribution in [0.5, 0.6) is 0 Å². The quantitative estimate of drug-likeness (QED) is 0.868. The molecule has 2 aromatic heterocycles. The SMILES string of the molecule is CCCc1nc(-c2ccc(Cl)cn2)n[nH]1. The molecule has 0 aromatic carbocycles. The fraction of sp³-hybridized carbons (Fsp3) is 0.300. The molecule has 0 aliphatic carbocycles. The minimum atomic E-state index is 0.614. The average molecular weight is 223 g/mol. The number of pyridine rings is 1. The van der Waals surface area contributed by atoms with Gasteiger partial charge < -0.3 is 0 Å². The summed E-state index contributed by atoms with van der Waals surface area (Å²) in [6.07, 6.45) is 3.54. The Balaban J connectivity index is 2.25. The summed E-state index contributed by atoms with van der Waals surface area (Å²) in [5.41, 5.74) is 0.734. The first-order chi connectivity index (χ1) is 7.29. The van der Waals surface area contributed by atoms with Gasteiger partial charge in [-0.1, -0.05) is 18.5 Å². The summed E-state index contributed by atoms with van der Waals surface area (Å²) >= 11 is 5.74. The molecule has 2 rings (SSSR count). The zero-order valence-corrected chi connectivity index (χ0v) is 9.12. The molecule has 1 N–H and O–H groups in total. The number of aryl methyl sites for hydroxylation is 1. The van der Waals surface area contributed by atoms with Crippen molar-refractivity contribution in [2.45, 2.75) is 19.8 Å². The van der Waals surface area contributed by atoms with Gasteiger partial charge in [-0.05, 0) is 18.6 Å². The zero-order valence-electron chi connectivity index (χ0n) is 8.37. The van der Waals surface area contributed by atoms with E-state index in [-0.39, 0.29) is 0 Å². The van der Waals surface area contributed by atoms with Crippen LogP contribution in [0.2, 0.25) is 5.02 Å². The Kier molecular flexibility index (Phi) is 2.97. The molecule has 5 heteroatoms. The molecule has 0 saturated heterocycles. The lowest BCUT2D eigenvalue weighted by molar-refractivity contribution is 0.841. The van der Waals surface area contributed by atoms with Crippen molar-refractivity contribution in [1.29, 1.82) is 0 Å². The Morgan fingerprint density at radius 1 is 1.40 bits per heavy atom. The molecule has 15 heavy (non-hydrogen) atoms. The summed E-state index contributed by atoms with van der Waals surface area (Å²) in [4.78, 5) is 8.47. The van der Waals surface area contributed by atoms with E-state index in [9.17, 15) is 0 Å². The van der Waals surface area contributed by atoms with Crippen LogP contribution >= 0.6 is 11.6 Å². The smallest absolute Gasteiger partial charge is 0.199 e. The molecule has 4 nitrogen and oxygen atoms in total. The van der Waals surface area contributed by atoms with Gasteiger partial charge in [-0.15, -0.1) is 0 Å². The highest BCUT2D eigenvalue weighted by Crippen LogP contribution is 2.14. The highest BCUT2D eigenvalue weighted by Gasteiger charge is 2.05. The number of aromatic nitrogens is 4. The third kappa shape index (κ3) is 2.33. The molecule has 78 valence electrons. The maximum atomic E-state index is 5.74. The Bertz CT molecular complexity index is 435. The topological polar surface area (TPSA) is 54.5 Å². The van der Waals surface area contributed by atoms with Crippen LogP contribution in [0.25, 0.3) is 11.5 Å². The average Bonchev–Trinajstić information content (AvgIpc) is 2.68. The van der Waals surface area contributed by atoms with Gasteiger partial charge in [0.2, 0.25) is 0 Å². The monoisotopic (exact) mass is 222 g/mol. The summed E-state index contributed by atoms with van der Waals surface area (Å²) in [5, 5.41) is 7.59. The number of halogens is 1. The van der Waals surface area contributed by atoms with Crippen molar-refractivity contribution in [2.24, 2.45) is 0 Å². The maximum absolute atomic E-state index is 5.74. The van der Waals surface area contributed by atoms with Crippen LogP contribution in [-0.4, -0.2) is 20.2 Å². The van der Waals surface area contributed by atoms with Gasteiger partial charge in [0, 0.05) is 12.6 Å². The second-order valence-electron chi connectivity index (χ2n) is 3.22. The van der Waals surface area contributed by atoms with Gasteiger partial charge in [0.05, 0.1) is 5.02 Å². The first kappa shape index (κ1) is 10.1. The van der Waals surface area contributed by atoms with Gasteiger partial charge in [-0.25, -0.2) is 4.98 Å². The van der Waals surface area contributed by atoms with Crippen LogP contribution in [0.4, 0.5) is 0 Å². The van der Waals surface area contributed by atoms with Crippen LogP contribution in [0.15, 0.2) is 18.3 Å². The first-order valence-electron chi connectivity index (χ1n) is 4.83. The van der Waals surface area contributed by atoms with E-state index in [1.54, 1.807) is 18.3 Å². The minimum Gasteiger partial charge on any atom is -0.263 e. The number of nitrogens with zero attached hydrogens (tertiary/aromatic N) is 3. The molecule has 0 aliphatic rings. The highest BCUT2D eigenvalue weighted by atomic mass is 35.5. The van der Waals surface area contributed by atoms with Crippen molar-refractivity contribution >= 4 is 11.6 Å². The third-order valence-corrected chi connectivity index (χ3v) is 2.20. The fourth-order valence-corrected chi connectivity index (χ4v) is 1.38. The van der Waals surface area contributed by atoms with E-state index in [2.05, 4.69) is 27.1 Å². The summed E-state index contributed by atoms with van der Waals surface area (Å²) in [7, 11) is 0. The summed E-state index contributed by atoms with van der Waals surface area (Å²) in [6, 6.07) is 3.58. The van der Waals surface area contributed by atoms with Crippen LogP contribution in [0.3, 0.4) is 0 Å². The summed E-state index contributed by atoms with van der Waals surface area (Å²) < 4.78 is 0. The van der Waals surface area contributed by atoms with Gasteiger partial charge in [0.25, 0.3) is 0 Å². The van der Waals surface area contributed by atoms with Gasteiger partial charge in [0.15, 0.2) is 5.82 Å². The molecule has 0 saturated carbocycles. The Morgan fingerprint density at radius 2 is 2.27 bits per heavy atom. The van der Waals surface area contributed by atoms with Crippen LogP contribution < -0.4 is 0 Å². The maximum Gasteiger partial charge on any atom is 0.199 e. The first-order valence-corrected chi connectivity index (χ1v) is 5.20. The van der Waals surface area contributed by atoms with E-state index in [4.69, 9.17) is 11.6 Å².